The zero-order chi connectivity index (χ0) is 23.8. The number of benzene rings is 2. The minimum absolute atomic E-state index is 0.0861. The molecule has 2 aromatic rings. The van der Waals surface area contributed by atoms with Crippen molar-refractivity contribution in [1.29, 1.82) is 0 Å². The van der Waals surface area contributed by atoms with Gasteiger partial charge in [-0.05, 0) is 61.6 Å². The summed E-state index contributed by atoms with van der Waals surface area (Å²) in [6.45, 7) is 7.80. The quantitative estimate of drug-likeness (QED) is 0.579. The number of methoxy groups -OCH3 is 1. The molecule has 0 bridgehead atoms. The smallest absolute Gasteiger partial charge is 0.251 e. The summed E-state index contributed by atoms with van der Waals surface area (Å²) >= 11 is 0. The second kappa shape index (κ2) is 11.5. The SMILES string of the molecule is CCN(CC)CCNC(=O)c1ccc(NC(=O)C2CC(=O)N(c3ccc(OC)cc3)C2)cc1. The first-order chi connectivity index (χ1) is 15.9. The molecule has 1 saturated heterocycles. The van der Waals surface area contributed by atoms with Gasteiger partial charge in [0.1, 0.15) is 5.75 Å². The molecule has 176 valence electrons. The van der Waals surface area contributed by atoms with Crippen molar-refractivity contribution >= 4 is 29.1 Å². The molecule has 1 fully saturated rings. The Morgan fingerprint density at radius 1 is 1.06 bits per heavy atom. The molecule has 0 saturated carbocycles. The molecule has 1 aliphatic heterocycles. The number of rotatable bonds is 10. The Kier molecular flexibility index (Phi) is 8.43. The molecule has 8 heteroatoms. The predicted octanol–water partition coefficient (Wildman–Crippen LogP) is 2.76. The van der Waals surface area contributed by atoms with E-state index in [0.717, 1.165) is 25.3 Å². The number of anilines is 2. The van der Waals surface area contributed by atoms with Gasteiger partial charge in [-0.3, -0.25) is 14.4 Å². The van der Waals surface area contributed by atoms with Crippen LogP contribution in [-0.2, 0) is 9.59 Å². The molecular formula is C25H32N4O4. The lowest BCUT2D eigenvalue weighted by Crippen LogP contribution is -2.34. The van der Waals surface area contributed by atoms with E-state index in [1.54, 1.807) is 48.4 Å². The lowest BCUT2D eigenvalue weighted by atomic mass is 10.1. The Hall–Kier alpha value is -3.39. The van der Waals surface area contributed by atoms with Crippen molar-refractivity contribution < 1.29 is 19.1 Å². The number of hydrogen-bond donors (Lipinski definition) is 2. The number of likely N-dealkylation sites (N-methyl/N-ethyl adjacent to an activating group) is 1. The van der Waals surface area contributed by atoms with Gasteiger partial charge in [-0.15, -0.1) is 0 Å². The molecule has 8 nitrogen and oxygen atoms in total. The first-order valence-electron chi connectivity index (χ1n) is 11.3. The van der Waals surface area contributed by atoms with Crippen molar-refractivity contribution in [3.05, 3.63) is 54.1 Å². The number of carbonyl (C=O) groups excluding carboxylic acids is 3. The molecule has 1 heterocycles. The molecule has 2 aromatic carbocycles. The zero-order valence-electron chi connectivity index (χ0n) is 19.5. The maximum atomic E-state index is 12.7. The highest BCUT2D eigenvalue weighted by Gasteiger charge is 2.35. The molecule has 0 radical (unpaired) electrons. The van der Waals surface area contributed by atoms with E-state index in [-0.39, 0.29) is 24.1 Å². The van der Waals surface area contributed by atoms with E-state index in [2.05, 4.69) is 29.4 Å². The van der Waals surface area contributed by atoms with Crippen molar-refractivity contribution in [2.24, 2.45) is 5.92 Å². The first kappa shape index (κ1) is 24.3. The van der Waals surface area contributed by atoms with Crippen LogP contribution < -0.4 is 20.3 Å². The number of carbonyl (C=O) groups is 3. The molecule has 3 rings (SSSR count). The molecule has 0 aliphatic carbocycles. The summed E-state index contributed by atoms with van der Waals surface area (Å²) in [6.07, 6.45) is 0.158. The van der Waals surface area contributed by atoms with Crippen LogP contribution in [0.3, 0.4) is 0 Å². The molecule has 3 amide bonds. The van der Waals surface area contributed by atoms with Gasteiger partial charge in [0, 0.05) is 43.0 Å². The van der Waals surface area contributed by atoms with Gasteiger partial charge < -0.3 is 25.2 Å². The highest BCUT2D eigenvalue weighted by molar-refractivity contribution is 6.03. The molecule has 0 aromatic heterocycles. The second-order valence-corrected chi connectivity index (χ2v) is 7.95. The minimum atomic E-state index is -0.442. The van der Waals surface area contributed by atoms with Crippen LogP contribution >= 0.6 is 0 Å². The number of ether oxygens (including phenoxy) is 1. The summed E-state index contributed by atoms with van der Waals surface area (Å²) in [5.41, 5.74) is 1.87. The lowest BCUT2D eigenvalue weighted by molar-refractivity contribution is -0.122. The average molecular weight is 453 g/mol. The monoisotopic (exact) mass is 452 g/mol. The third-order valence-electron chi connectivity index (χ3n) is 5.90. The van der Waals surface area contributed by atoms with Gasteiger partial charge in [0.2, 0.25) is 11.8 Å². The third kappa shape index (κ3) is 6.32. The lowest BCUT2D eigenvalue weighted by Gasteiger charge is -2.18. The fraction of sp³-hybridized carbons (Fsp3) is 0.400. The maximum Gasteiger partial charge on any atom is 0.251 e. The van der Waals surface area contributed by atoms with Gasteiger partial charge in [-0.1, -0.05) is 13.8 Å². The van der Waals surface area contributed by atoms with Crippen LogP contribution in [0.15, 0.2) is 48.5 Å². The number of nitrogens with zero attached hydrogens (tertiary/aromatic N) is 2. The molecular weight excluding hydrogens is 420 g/mol. The summed E-state index contributed by atoms with van der Waals surface area (Å²) in [5.74, 6) is -0.173. The van der Waals surface area contributed by atoms with Gasteiger partial charge >= 0.3 is 0 Å². The highest BCUT2D eigenvalue weighted by Crippen LogP contribution is 2.27. The van der Waals surface area contributed by atoms with Gasteiger partial charge in [0.15, 0.2) is 0 Å². The standard InChI is InChI=1S/C25H32N4O4/c1-4-28(5-2)15-14-26-24(31)18-6-8-20(9-7-18)27-25(32)19-16-23(30)29(17-19)21-10-12-22(33-3)13-11-21/h6-13,19H,4-5,14-17H2,1-3H3,(H,26,31)(H,27,32). The second-order valence-electron chi connectivity index (χ2n) is 7.95. The molecule has 1 unspecified atom stereocenters. The third-order valence-corrected chi connectivity index (χ3v) is 5.90. The van der Waals surface area contributed by atoms with E-state index in [9.17, 15) is 14.4 Å². The van der Waals surface area contributed by atoms with Crippen molar-refractivity contribution in [3.63, 3.8) is 0 Å². The van der Waals surface area contributed by atoms with E-state index in [4.69, 9.17) is 4.74 Å². The number of nitrogens with one attached hydrogen (secondary N) is 2. The highest BCUT2D eigenvalue weighted by atomic mass is 16.5. The molecule has 1 aliphatic rings. The van der Waals surface area contributed by atoms with Crippen molar-refractivity contribution in [1.82, 2.24) is 10.2 Å². The van der Waals surface area contributed by atoms with E-state index < -0.39 is 5.92 Å². The summed E-state index contributed by atoms with van der Waals surface area (Å²) in [6, 6.07) is 14.0. The summed E-state index contributed by atoms with van der Waals surface area (Å²) < 4.78 is 5.15. The number of amides is 3. The van der Waals surface area contributed by atoms with Crippen molar-refractivity contribution in [3.8, 4) is 5.75 Å². The van der Waals surface area contributed by atoms with Crippen LogP contribution in [0.2, 0.25) is 0 Å². The van der Waals surface area contributed by atoms with Crippen LogP contribution in [0, 0.1) is 5.92 Å². The van der Waals surface area contributed by atoms with Gasteiger partial charge in [-0.2, -0.15) is 0 Å². The van der Waals surface area contributed by atoms with E-state index in [1.807, 2.05) is 12.1 Å². The van der Waals surface area contributed by atoms with Crippen molar-refractivity contribution in [2.75, 3.05) is 50.1 Å². The molecule has 1 atom stereocenters. The van der Waals surface area contributed by atoms with Crippen LogP contribution in [0.1, 0.15) is 30.6 Å². The maximum absolute atomic E-state index is 12.7. The van der Waals surface area contributed by atoms with Gasteiger partial charge in [-0.25, -0.2) is 0 Å². The summed E-state index contributed by atoms with van der Waals surface area (Å²) in [4.78, 5) is 41.4. The van der Waals surface area contributed by atoms with Gasteiger partial charge in [0.05, 0.1) is 13.0 Å². The Bertz CT molecular complexity index is 955. The number of hydrogen-bond acceptors (Lipinski definition) is 5. The fourth-order valence-corrected chi connectivity index (χ4v) is 3.81. The summed E-state index contributed by atoms with van der Waals surface area (Å²) in [5, 5.41) is 5.77. The topological polar surface area (TPSA) is 91.0 Å². The Labute approximate surface area is 194 Å². The minimum Gasteiger partial charge on any atom is -0.497 e. The van der Waals surface area contributed by atoms with Crippen LogP contribution in [0.5, 0.6) is 5.75 Å². The Morgan fingerprint density at radius 3 is 2.33 bits per heavy atom. The Balaban J connectivity index is 1.52. The molecule has 33 heavy (non-hydrogen) atoms. The molecule has 2 N–H and O–H groups in total. The largest absolute Gasteiger partial charge is 0.497 e. The first-order valence-corrected chi connectivity index (χ1v) is 11.3. The Morgan fingerprint density at radius 2 is 1.73 bits per heavy atom. The van der Waals surface area contributed by atoms with E-state index in [0.29, 0.717) is 30.1 Å². The van der Waals surface area contributed by atoms with Crippen LogP contribution in [0.25, 0.3) is 0 Å². The molecule has 0 spiro atoms. The van der Waals surface area contributed by atoms with E-state index >= 15 is 0 Å². The normalized spacial score (nSPS) is 15.6. The zero-order valence-corrected chi connectivity index (χ0v) is 19.5. The average Bonchev–Trinajstić information content (AvgIpc) is 3.24. The predicted molar refractivity (Wildman–Crippen MR) is 129 cm³/mol. The van der Waals surface area contributed by atoms with Crippen LogP contribution in [-0.4, -0.2) is 62.5 Å². The van der Waals surface area contributed by atoms with Crippen LogP contribution in [0.4, 0.5) is 11.4 Å². The van der Waals surface area contributed by atoms with Crippen molar-refractivity contribution in [2.45, 2.75) is 20.3 Å². The fourth-order valence-electron chi connectivity index (χ4n) is 3.81. The van der Waals surface area contributed by atoms with Gasteiger partial charge in [0.25, 0.3) is 5.91 Å². The van der Waals surface area contributed by atoms with E-state index in [1.165, 1.54) is 0 Å². The summed E-state index contributed by atoms with van der Waals surface area (Å²) in [7, 11) is 1.59.